The van der Waals surface area contributed by atoms with E-state index in [9.17, 15) is 4.39 Å². The lowest BCUT2D eigenvalue weighted by Gasteiger charge is -1.99. The summed E-state index contributed by atoms with van der Waals surface area (Å²) in [4.78, 5) is 4.27. The van der Waals surface area contributed by atoms with E-state index in [1.807, 2.05) is 31.2 Å². The fraction of sp³-hybridized carbons (Fsp3) is 0.0667. The van der Waals surface area contributed by atoms with Gasteiger partial charge in [0.1, 0.15) is 5.82 Å². The Morgan fingerprint density at radius 2 is 2.00 bits per heavy atom. The van der Waals surface area contributed by atoms with Gasteiger partial charge in [-0.2, -0.15) is 4.98 Å². The summed E-state index contributed by atoms with van der Waals surface area (Å²) in [7, 11) is 0. The molecule has 0 saturated heterocycles. The van der Waals surface area contributed by atoms with E-state index in [0.717, 1.165) is 11.1 Å². The largest absolute Gasteiger partial charge is 0.398 e. The van der Waals surface area contributed by atoms with Crippen LogP contribution in [0.4, 0.5) is 10.1 Å². The van der Waals surface area contributed by atoms with E-state index in [4.69, 9.17) is 10.3 Å². The van der Waals surface area contributed by atoms with Gasteiger partial charge in [0.15, 0.2) is 0 Å². The van der Waals surface area contributed by atoms with E-state index in [2.05, 4.69) is 10.1 Å². The first-order valence-corrected chi connectivity index (χ1v) is 6.09. The number of rotatable bonds is 2. The molecule has 2 aromatic carbocycles. The molecule has 4 nitrogen and oxygen atoms in total. The topological polar surface area (TPSA) is 64.9 Å². The first kappa shape index (κ1) is 12.3. The Morgan fingerprint density at radius 3 is 2.80 bits per heavy atom. The average molecular weight is 269 g/mol. The molecule has 0 bridgehead atoms. The minimum Gasteiger partial charge on any atom is -0.398 e. The zero-order valence-corrected chi connectivity index (χ0v) is 10.8. The van der Waals surface area contributed by atoms with Crippen molar-refractivity contribution < 1.29 is 8.91 Å². The lowest BCUT2D eigenvalue weighted by Crippen LogP contribution is -1.91. The second kappa shape index (κ2) is 4.77. The first-order chi connectivity index (χ1) is 9.63. The van der Waals surface area contributed by atoms with Gasteiger partial charge in [0, 0.05) is 11.3 Å². The second-order valence-corrected chi connectivity index (χ2v) is 4.52. The van der Waals surface area contributed by atoms with Crippen molar-refractivity contribution in [2.75, 3.05) is 5.73 Å². The Labute approximate surface area is 115 Å². The molecule has 0 aliphatic heterocycles. The quantitative estimate of drug-likeness (QED) is 0.724. The van der Waals surface area contributed by atoms with Crippen LogP contribution in [0.5, 0.6) is 0 Å². The van der Waals surface area contributed by atoms with Gasteiger partial charge in [-0.05, 0) is 31.2 Å². The van der Waals surface area contributed by atoms with Crippen LogP contribution in [-0.2, 0) is 0 Å². The van der Waals surface area contributed by atoms with E-state index in [1.54, 1.807) is 0 Å². The Hall–Kier alpha value is -2.69. The lowest BCUT2D eigenvalue weighted by molar-refractivity contribution is 0.432. The number of nitrogen functional groups attached to an aromatic ring is 1. The minimum absolute atomic E-state index is 0.207. The Balaban J connectivity index is 2.04. The molecule has 0 spiro atoms. The summed E-state index contributed by atoms with van der Waals surface area (Å²) < 4.78 is 18.4. The number of benzene rings is 2. The predicted octanol–water partition coefficient (Wildman–Crippen LogP) is 3.43. The number of aryl methyl sites for hydroxylation is 1. The number of hydrogen-bond donors (Lipinski definition) is 1. The summed E-state index contributed by atoms with van der Waals surface area (Å²) in [5.74, 6) is 0.260. The maximum Gasteiger partial charge on any atom is 0.260 e. The fourth-order valence-corrected chi connectivity index (χ4v) is 1.95. The molecule has 1 aromatic heterocycles. The molecule has 0 saturated carbocycles. The monoisotopic (exact) mass is 269 g/mol. The molecular formula is C15H12FN3O. The van der Waals surface area contributed by atoms with Crippen molar-refractivity contribution in [3.8, 4) is 22.8 Å². The van der Waals surface area contributed by atoms with Crippen LogP contribution in [-0.4, -0.2) is 10.1 Å². The molecule has 0 fully saturated rings. The molecule has 2 N–H and O–H groups in total. The molecule has 0 amide bonds. The maximum atomic E-state index is 13.3. The highest BCUT2D eigenvalue weighted by atomic mass is 19.1. The van der Waals surface area contributed by atoms with Gasteiger partial charge in [-0.15, -0.1) is 0 Å². The van der Waals surface area contributed by atoms with Gasteiger partial charge in [-0.3, -0.25) is 0 Å². The van der Waals surface area contributed by atoms with Crippen LogP contribution >= 0.6 is 0 Å². The van der Waals surface area contributed by atoms with Crippen molar-refractivity contribution in [2.45, 2.75) is 6.92 Å². The molecule has 0 unspecified atom stereocenters. The van der Waals surface area contributed by atoms with Gasteiger partial charge in [-0.1, -0.05) is 28.9 Å². The first-order valence-electron chi connectivity index (χ1n) is 6.09. The van der Waals surface area contributed by atoms with Gasteiger partial charge in [0.2, 0.25) is 5.82 Å². The number of anilines is 1. The van der Waals surface area contributed by atoms with Crippen molar-refractivity contribution in [3.63, 3.8) is 0 Å². The second-order valence-electron chi connectivity index (χ2n) is 4.52. The van der Waals surface area contributed by atoms with Gasteiger partial charge in [-0.25, -0.2) is 4.39 Å². The molecule has 5 heteroatoms. The van der Waals surface area contributed by atoms with Crippen LogP contribution in [0.1, 0.15) is 5.56 Å². The maximum absolute atomic E-state index is 13.3. The third-order valence-corrected chi connectivity index (χ3v) is 2.95. The Bertz CT molecular complexity index is 767. The highest BCUT2D eigenvalue weighted by Crippen LogP contribution is 2.27. The molecular weight excluding hydrogens is 257 g/mol. The molecule has 20 heavy (non-hydrogen) atoms. The molecule has 1 heterocycles. The zero-order chi connectivity index (χ0) is 14.1. The molecule has 0 aliphatic rings. The predicted molar refractivity (Wildman–Crippen MR) is 74.3 cm³/mol. The van der Waals surface area contributed by atoms with Crippen molar-refractivity contribution in [2.24, 2.45) is 0 Å². The third kappa shape index (κ3) is 2.25. The Morgan fingerprint density at radius 1 is 1.15 bits per heavy atom. The fourth-order valence-electron chi connectivity index (χ4n) is 1.95. The third-order valence-electron chi connectivity index (χ3n) is 2.95. The summed E-state index contributed by atoms with van der Waals surface area (Å²) in [5.41, 5.74) is 8.53. The number of nitrogens with zero attached hydrogens (tertiary/aromatic N) is 2. The smallest absolute Gasteiger partial charge is 0.260 e. The molecule has 3 aromatic rings. The van der Waals surface area contributed by atoms with Crippen LogP contribution in [0.2, 0.25) is 0 Å². The summed E-state index contributed by atoms with van der Waals surface area (Å²) in [6, 6.07) is 11.8. The van der Waals surface area contributed by atoms with Crippen LogP contribution in [0.3, 0.4) is 0 Å². The summed E-state index contributed by atoms with van der Waals surface area (Å²) in [5, 5.41) is 3.91. The normalized spacial score (nSPS) is 10.7. The average Bonchev–Trinajstić information content (AvgIpc) is 2.91. The standard InChI is InChI=1S/C15H12FN3O/c1-9-3-2-4-10(7-9)14-18-15(20-19-14)12-8-11(16)5-6-13(12)17/h2-8H,17H2,1H3. The summed E-state index contributed by atoms with van der Waals surface area (Å²) in [6.07, 6.45) is 0. The SMILES string of the molecule is Cc1cccc(-c2noc(-c3cc(F)ccc3N)n2)c1. The van der Waals surface area contributed by atoms with E-state index in [1.165, 1.54) is 18.2 Å². The Kier molecular flexibility index (Phi) is 2.95. The number of aromatic nitrogens is 2. The van der Waals surface area contributed by atoms with Crippen molar-refractivity contribution >= 4 is 5.69 Å². The van der Waals surface area contributed by atoms with E-state index in [0.29, 0.717) is 17.1 Å². The van der Waals surface area contributed by atoms with Crippen LogP contribution in [0, 0.1) is 12.7 Å². The number of hydrogen-bond acceptors (Lipinski definition) is 4. The molecule has 0 aliphatic carbocycles. The molecule has 0 atom stereocenters. The summed E-state index contributed by atoms with van der Waals surface area (Å²) >= 11 is 0. The highest BCUT2D eigenvalue weighted by molar-refractivity contribution is 5.71. The zero-order valence-electron chi connectivity index (χ0n) is 10.8. The van der Waals surface area contributed by atoms with E-state index < -0.39 is 5.82 Å². The summed E-state index contributed by atoms with van der Waals surface area (Å²) in [6.45, 7) is 1.98. The molecule has 100 valence electrons. The van der Waals surface area contributed by atoms with Crippen LogP contribution < -0.4 is 5.73 Å². The van der Waals surface area contributed by atoms with Crippen molar-refractivity contribution in [1.29, 1.82) is 0 Å². The lowest BCUT2D eigenvalue weighted by atomic mass is 10.1. The van der Waals surface area contributed by atoms with Gasteiger partial charge in [0.25, 0.3) is 5.89 Å². The van der Waals surface area contributed by atoms with Crippen LogP contribution in [0.15, 0.2) is 47.0 Å². The van der Waals surface area contributed by atoms with Gasteiger partial charge in [0.05, 0.1) is 5.56 Å². The highest BCUT2D eigenvalue weighted by Gasteiger charge is 2.13. The minimum atomic E-state index is -0.399. The van der Waals surface area contributed by atoms with Crippen molar-refractivity contribution in [1.82, 2.24) is 10.1 Å². The van der Waals surface area contributed by atoms with E-state index in [-0.39, 0.29) is 5.89 Å². The van der Waals surface area contributed by atoms with Gasteiger partial charge >= 0.3 is 0 Å². The number of nitrogens with two attached hydrogens (primary N) is 1. The van der Waals surface area contributed by atoms with E-state index >= 15 is 0 Å². The van der Waals surface area contributed by atoms with Gasteiger partial charge < -0.3 is 10.3 Å². The molecule has 3 rings (SSSR count). The van der Waals surface area contributed by atoms with Crippen molar-refractivity contribution in [3.05, 3.63) is 53.8 Å². The number of halogens is 1. The molecule has 0 radical (unpaired) electrons. The van der Waals surface area contributed by atoms with Crippen LogP contribution in [0.25, 0.3) is 22.8 Å².